The van der Waals surface area contributed by atoms with Crippen molar-refractivity contribution < 1.29 is 8.42 Å². The van der Waals surface area contributed by atoms with Gasteiger partial charge >= 0.3 is 0 Å². The van der Waals surface area contributed by atoms with Crippen molar-refractivity contribution >= 4 is 44.6 Å². The Balaban J connectivity index is 2.24. The second-order valence-corrected chi connectivity index (χ2v) is 9.46. The zero-order valence-corrected chi connectivity index (χ0v) is 17.8. The quantitative estimate of drug-likeness (QED) is 0.660. The molecule has 0 aliphatic carbocycles. The standard InChI is InChI=1S/C20H24Cl2N2O2S/c1-3-5-11-20(4-2)14-24(15-9-7-6-8-10-15)18-12-16(21)17(22)13-19(18)27(25,26)23-20/h6-10,12-13,23H,3-5,11,14H2,1-2H3/t20-/m0/s1. The van der Waals surface area contributed by atoms with E-state index >= 15 is 0 Å². The average molecular weight is 427 g/mol. The fourth-order valence-electron chi connectivity index (χ4n) is 3.55. The molecule has 146 valence electrons. The third kappa shape index (κ3) is 4.11. The Morgan fingerprint density at radius 3 is 2.41 bits per heavy atom. The summed E-state index contributed by atoms with van der Waals surface area (Å²) in [6.45, 7) is 4.66. The SMILES string of the molecule is CCCC[C@@]1(CC)CN(c2ccccc2)c2cc(Cl)c(Cl)cc2S(=O)(=O)N1. The molecule has 0 saturated heterocycles. The van der Waals surface area contributed by atoms with Gasteiger partial charge < -0.3 is 4.90 Å². The third-order valence-electron chi connectivity index (χ3n) is 5.15. The number of fused-ring (bicyclic) bond motifs is 1. The van der Waals surface area contributed by atoms with E-state index in [1.807, 2.05) is 42.2 Å². The van der Waals surface area contributed by atoms with E-state index in [-0.39, 0.29) is 9.92 Å². The number of nitrogens with one attached hydrogen (secondary N) is 1. The molecule has 0 fully saturated rings. The zero-order valence-electron chi connectivity index (χ0n) is 15.5. The summed E-state index contributed by atoms with van der Waals surface area (Å²) in [6.07, 6.45) is 3.39. The van der Waals surface area contributed by atoms with Crippen molar-refractivity contribution in [3.8, 4) is 0 Å². The number of halogens is 2. The minimum Gasteiger partial charge on any atom is -0.338 e. The highest BCUT2D eigenvalue weighted by molar-refractivity contribution is 7.89. The van der Waals surface area contributed by atoms with Gasteiger partial charge in [0.1, 0.15) is 4.90 Å². The topological polar surface area (TPSA) is 49.4 Å². The summed E-state index contributed by atoms with van der Waals surface area (Å²) < 4.78 is 29.4. The van der Waals surface area contributed by atoms with E-state index < -0.39 is 15.6 Å². The van der Waals surface area contributed by atoms with Gasteiger partial charge in [0, 0.05) is 12.2 Å². The molecular formula is C20H24Cl2N2O2S. The van der Waals surface area contributed by atoms with Crippen LogP contribution in [0.5, 0.6) is 0 Å². The minimum absolute atomic E-state index is 0.160. The summed E-state index contributed by atoms with van der Waals surface area (Å²) in [5.74, 6) is 0. The predicted molar refractivity (Wildman–Crippen MR) is 113 cm³/mol. The molecule has 3 rings (SSSR count). The maximum Gasteiger partial charge on any atom is 0.243 e. The Bertz CT molecular complexity index is 919. The molecule has 0 spiro atoms. The van der Waals surface area contributed by atoms with Gasteiger partial charge in [-0.15, -0.1) is 0 Å². The first-order chi connectivity index (χ1) is 12.8. The molecule has 0 aromatic heterocycles. The van der Waals surface area contributed by atoms with Gasteiger partial charge in [0.2, 0.25) is 10.0 Å². The number of unbranched alkanes of at least 4 members (excludes halogenated alkanes) is 1. The Hall–Kier alpha value is -1.27. The number of sulfonamides is 1. The molecule has 2 aromatic carbocycles. The van der Waals surface area contributed by atoms with Crippen LogP contribution < -0.4 is 9.62 Å². The molecule has 0 radical (unpaired) electrons. The van der Waals surface area contributed by atoms with Crippen LogP contribution in [0.4, 0.5) is 11.4 Å². The average Bonchev–Trinajstić information content (AvgIpc) is 2.75. The smallest absolute Gasteiger partial charge is 0.243 e. The maximum atomic E-state index is 13.2. The van der Waals surface area contributed by atoms with E-state index in [2.05, 4.69) is 11.6 Å². The molecule has 7 heteroatoms. The van der Waals surface area contributed by atoms with Crippen LogP contribution in [0.25, 0.3) is 0 Å². The van der Waals surface area contributed by atoms with Crippen molar-refractivity contribution in [1.29, 1.82) is 0 Å². The van der Waals surface area contributed by atoms with Crippen molar-refractivity contribution in [1.82, 2.24) is 4.72 Å². The molecule has 4 nitrogen and oxygen atoms in total. The molecule has 1 atom stereocenters. The van der Waals surface area contributed by atoms with Crippen LogP contribution in [0.3, 0.4) is 0 Å². The highest BCUT2D eigenvalue weighted by Crippen LogP contribution is 2.41. The van der Waals surface area contributed by atoms with Crippen LogP contribution >= 0.6 is 23.2 Å². The van der Waals surface area contributed by atoms with Crippen LogP contribution in [0.1, 0.15) is 39.5 Å². The summed E-state index contributed by atoms with van der Waals surface area (Å²) in [5, 5.41) is 0.565. The molecule has 0 saturated carbocycles. The Labute approximate surface area is 171 Å². The van der Waals surface area contributed by atoms with E-state index in [9.17, 15) is 8.42 Å². The van der Waals surface area contributed by atoms with E-state index in [4.69, 9.17) is 23.2 Å². The molecule has 27 heavy (non-hydrogen) atoms. The van der Waals surface area contributed by atoms with Crippen molar-refractivity contribution in [3.63, 3.8) is 0 Å². The summed E-state index contributed by atoms with van der Waals surface area (Å²) in [7, 11) is -3.74. The largest absolute Gasteiger partial charge is 0.338 e. The Kier molecular flexibility index (Phi) is 6.06. The van der Waals surface area contributed by atoms with Gasteiger partial charge in [-0.1, -0.05) is 68.1 Å². The molecule has 1 aliphatic heterocycles. The van der Waals surface area contributed by atoms with Crippen molar-refractivity contribution in [3.05, 3.63) is 52.5 Å². The van der Waals surface area contributed by atoms with E-state index in [0.29, 0.717) is 23.7 Å². The number of anilines is 2. The third-order valence-corrected chi connectivity index (χ3v) is 7.48. The number of hydrogen-bond donors (Lipinski definition) is 1. The lowest BCUT2D eigenvalue weighted by Crippen LogP contribution is -2.52. The van der Waals surface area contributed by atoms with Gasteiger partial charge in [-0.3, -0.25) is 0 Å². The van der Waals surface area contributed by atoms with Gasteiger partial charge in [-0.05, 0) is 37.1 Å². The molecule has 0 bridgehead atoms. The summed E-state index contributed by atoms with van der Waals surface area (Å²) in [6, 6.07) is 12.9. The van der Waals surface area contributed by atoms with Crippen LogP contribution in [0.2, 0.25) is 10.0 Å². The van der Waals surface area contributed by atoms with Gasteiger partial charge in [-0.25, -0.2) is 13.1 Å². The molecule has 0 amide bonds. The van der Waals surface area contributed by atoms with E-state index in [1.54, 1.807) is 6.07 Å². The van der Waals surface area contributed by atoms with Crippen LogP contribution in [0.15, 0.2) is 47.4 Å². The molecule has 1 aliphatic rings. The Morgan fingerprint density at radius 1 is 1.11 bits per heavy atom. The van der Waals surface area contributed by atoms with Crippen LogP contribution in [-0.2, 0) is 10.0 Å². The second kappa shape index (κ2) is 8.00. The monoisotopic (exact) mass is 426 g/mol. The maximum absolute atomic E-state index is 13.2. The number of benzene rings is 2. The lowest BCUT2D eigenvalue weighted by atomic mass is 9.90. The highest BCUT2D eigenvalue weighted by atomic mass is 35.5. The van der Waals surface area contributed by atoms with Crippen LogP contribution in [-0.4, -0.2) is 20.5 Å². The number of para-hydroxylation sites is 1. The molecular weight excluding hydrogens is 403 g/mol. The normalized spacial score (nSPS) is 21.6. The highest BCUT2D eigenvalue weighted by Gasteiger charge is 2.41. The zero-order chi connectivity index (χ0) is 19.7. The summed E-state index contributed by atoms with van der Waals surface area (Å²) in [4.78, 5) is 2.20. The van der Waals surface area contributed by atoms with E-state index in [0.717, 1.165) is 24.9 Å². The second-order valence-electron chi connectivity index (χ2n) is 7.00. The van der Waals surface area contributed by atoms with Crippen LogP contribution in [0, 0.1) is 0 Å². The summed E-state index contributed by atoms with van der Waals surface area (Å²) in [5.41, 5.74) is 0.906. The lowest BCUT2D eigenvalue weighted by molar-refractivity contribution is 0.341. The van der Waals surface area contributed by atoms with Crippen molar-refractivity contribution in [2.24, 2.45) is 0 Å². The van der Waals surface area contributed by atoms with Gasteiger partial charge in [0.25, 0.3) is 0 Å². The molecule has 0 unspecified atom stereocenters. The minimum atomic E-state index is -3.74. The lowest BCUT2D eigenvalue weighted by Gasteiger charge is -2.36. The fourth-order valence-corrected chi connectivity index (χ4v) is 5.64. The first-order valence-corrected chi connectivity index (χ1v) is 11.4. The number of rotatable bonds is 5. The fraction of sp³-hybridized carbons (Fsp3) is 0.400. The molecule has 2 aromatic rings. The molecule has 1 N–H and O–H groups in total. The van der Waals surface area contributed by atoms with Gasteiger partial charge in [0.05, 0.1) is 21.3 Å². The first kappa shape index (κ1) is 20.5. The molecule has 1 heterocycles. The summed E-state index contributed by atoms with van der Waals surface area (Å²) >= 11 is 12.4. The van der Waals surface area contributed by atoms with Gasteiger partial charge in [0.15, 0.2) is 0 Å². The predicted octanol–water partition coefficient (Wildman–Crippen LogP) is 5.76. The first-order valence-electron chi connectivity index (χ1n) is 9.17. The number of nitrogens with zero attached hydrogens (tertiary/aromatic N) is 1. The Morgan fingerprint density at radius 2 is 1.78 bits per heavy atom. The van der Waals surface area contributed by atoms with Crippen molar-refractivity contribution in [2.75, 3.05) is 11.4 Å². The van der Waals surface area contributed by atoms with Gasteiger partial charge in [-0.2, -0.15) is 0 Å². The number of hydrogen-bond acceptors (Lipinski definition) is 3. The van der Waals surface area contributed by atoms with E-state index in [1.165, 1.54) is 6.07 Å². The van der Waals surface area contributed by atoms with Crippen molar-refractivity contribution in [2.45, 2.75) is 50.0 Å².